The van der Waals surface area contributed by atoms with Crippen LogP contribution in [0.15, 0.2) is 48.5 Å². The van der Waals surface area contributed by atoms with Gasteiger partial charge in [-0.1, -0.05) is 42.8 Å². The highest BCUT2D eigenvalue weighted by molar-refractivity contribution is 6.30. The Labute approximate surface area is 190 Å². The van der Waals surface area contributed by atoms with E-state index in [1.54, 1.807) is 0 Å². The van der Waals surface area contributed by atoms with Crippen LogP contribution in [0.4, 0.5) is 11.5 Å². The largest absolute Gasteiger partial charge is 0.340 e. The SMILES string of the molecule is Cc1nc(C)c(Cc2ccc(Cl)cc2)c(Nc2ccc(CN3CCC(C)CC3)cc2)n1. The van der Waals surface area contributed by atoms with Gasteiger partial charge in [-0.25, -0.2) is 9.97 Å². The number of nitrogens with one attached hydrogen (secondary N) is 1. The summed E-state index contributed by atoms with van der Waals surface area (Å²) >= 11 is 6.05. The molecule has 0 spiro atoms. The molecule has 0 atom stereocenters. The lowest BCUT2D eigenvalue weighted by Gasteiger charge is -2.30. The lowest BCUT2D eigenvalue weighted by atomic mass is 9.99. The van der Waals surface area contributed by atoms with E-state index in [1.165, 1.54) is 37.1 Å². The fourth-order valence-corrected chi connectivity index (χ4v) is 4.29. The molecule has 1 N–H and O–H groups in total. The van der Waals surface area contributed by atoms with Crippen molar-refractivity contribution in [1.29, 1.82) is 0 Å². The minimum Gasteiger partial charge on any atom is -0.340 e. The molecule has 1 aromatic heterocycles. The summed E-state index contributed by atoms with van der Waals surface area (Å²) in [6, 6.07) is 16.7. The first-order chi connectivity index (χ1) is 15.0. The van der Waals surface area contributed by atoms with Crippen LogP contribution in [-0.4, -0.2) is 28.0 Å². The summed E-state index contributed by atoms with van der Waals surface area (Å²) in [5, 5.41) is 4.28. The van der Waals surface area contributed by atoms with Crippen molar-refractivity contribution < 1.29 is 0 Å². The van der Waals surface area contributed by atoms with Crippen molar-refractivity contribution >= 4 is 23.1 Å². The number of halogens is 1. The lowest BCUT2D eigenvalue weighted by molar-refractivity contribution is 0.185. The number of piperidine rings is 1. The normalized spacial score (nSPS) is 15.2. The molecule has 0 amide bonds. The maximum absolute atomic E-state index is 6.05. The topological polar surface area (TPSA) is 41.1 Å². The number of hydrogen-bond donors (Lipinski definition) is 1. The van der Waals surface area contributed by atoms with Crippen LogP contribution in [0.2, 0.25) is 5.02 Å². The minimum atomic E-state index is 0.748. The van der Waals surface area contributed by atoms with Crippen molar-refractivity contribution in [3.05, 3.63) is 81.8 Å². The van der Waals surface area contributed by atoms with Crippen LogP contribution in [0.1, 0.15) is 48.0 Å². The molecular formula is C26H31ClN4. The fourth-order valence-electron chi connectivity index (χ4n) is 4.17. The Morgan fingerprint density at radius 3 is 2.26 bits per heavy atom. The molecule has 1 fully saturated rings. The zero-order valence-electron chi connectivity index (χ0n) is 18.7. The van der Waals surface area contributed by atoms with Crippen LogP contribution >= 0.6 is 11.6 Å². The summed E-state index contributed by atoms with van der Waals surface area (Å²) in [5.74, 6) is 2.51. The van der Waals surface area contributed by atoms with Gasteiger partial charge < -0.3 is 5.32 Å². The molecule has 1 aliphatic heterocycles. The molecule has 4 nitrogen and oxygen atoms in total. The van der Waals surface area contributed by atoms with E-state index < -0.39 is 0 Å². The van der Waals surface area contributed by atoms with Crippen LogP contribution in [0.3, 0.4) is 0 Å². The smallest absolute Gasteiger partial charge is 0.137 e. The summed E-state index contributed by atoms with van der Waals surface area (Å²) in [7, 11) is 0. The Hall–Kier alpha value is -2.43. The maximum Gasteiger partial charge on any atom is 0.137 e. The first kappa shape index (κ1) is 21.8. The zero-order valence-corrected chi connectivity index (χ0v) is 19.4. The summed E-state index contributed by atoms with van der Waals surface area (Å²) in [6.45, 7) is 9.78. The van der Waals surface area contributed by atoms with E-state index in [0.29, 0.717) is 0 Å². The van der Waals surface area contributed by atoms with Crippen molar-refractivity contribution in [3.63, 3.8) is 0 Å². The monoisotopic (exact) mass is 434 g/mol. The van der Waals surface area contributed by atoms with E-state index in [4.69, 9.17) is 16.6 Å². The van der Waals surface area contributed by atoms with Crippen molar-refractivity contribution in [2.24, 2.45) is 5.92 Å². The van der Waals surface area contributed by atoms with Gasteiger partial charge in [0.15, 0.2) is 0 Å². The molecule has 0 unspecified atom stereocenters. The lowest BCUT2D eigenvalue weighted by Crippen LogP contribution is -2.32. The minimum absolute atomic E-state index is 0.748. The Bertz CT molecular complexity index is 1010. The van der Waals surface area contributed by atoms with E-state index in [1.807, 2.05) is 26.0 Å². The first-order valence-corrected chi connectivity index (χ1v) is 11.5. The van der Waals surface area contributed by atoms with Crippen LogP contribution in [-0.2, 0) is 13.0 Å². The molecule has 0 radical (unpaired) electrons. The highest BCUT2D eigenvalue weighted by Crippen LogP contribution is 2.25. The van der Waals surface area contributed by atoms with Gasteiger partial charge in [0.2, 0.25) is 0 Å². The predicted octanol–water partition coefficient (Wildman–Crippen LogP) is 6.31. The third-order valence-electron chi connectivity index (χ3n) is 6.12. The average molecular weight is 435 g/mol. The standard InChI is InChI=1S/C26H31ClN4/c1-18-12-14-31(15-13-18)17-22-6-10-24(11-7-22)30-26-25(19(2)28-20(3)29-26)16-21-4-8-23(27)9-5-21/h4-11,18H,12-17H2,1-3H3,(H,28,29,30). The third kappa shape index (κ3) is 5.84. The molecule has 162 valence electrons. The molecule has 1 aliphatic rings. The number of aromatic nitrogens is 2. The van der Waals surface area contributed by atoms with Gasteiger partial charge in [-0.15, -0.1) is 0 Å². The fraction of sp³-hybridized carbons (Fsp3) is 0.385. The van der Waals surface area contributed by atoms with Crippen molar-refractivity contribution in [1.82, 2.24) is 14.9 Å². The predicted molar refractivity (Wildman–Crippen MR) is 129 cm³/mol. The van der Waals surface area contributed by atoms with Crippen LogP contribution in [0, 0.1) is 19.8 Å². The Morgan fingerprint density at radius 1 is 0.935 bits per heavy atom. The molecule has 2 heterocycles. The van der Waals surface area contributed by atoms with Crippen LogP contribution < -0.4 is 5.32 Å². The molecule has 31 heavy (non-hydrogen) atoms. The summed E-state index contributed by atoms with van der Waals surface area (Å²) in [6.07, 6.45) is 3.38. The second-order valence-electron chi connectivity index (χ2n) is 8.77. The summed E-state index contributed by atoms with van der Waals surface area (Å²) < 4.78 is 0. The quantitative estimate of drug-likeness (QED) is 0.493. The van der Waals surface area contributed by atoms with Gasteiger partial charge in [-0.05, 0) is 81.1 Å². The van der Waals surface area contributed by atoms with Gasteiger partial charge >= 0.3 is 0 Å². The second-order valence-corrected chi connectivity index (χ2v) is 9.20. The van der Waals surface area contributed by atoms with Gasteiger partial charge in [0.05, 0.1) is 0 Å². The number of aryl methyl sites for hydroxylation is 2. The number of anilines is 2. The highest BCUT2D eigenvalue weighted by atomic mass is 35.5. The highest BCUT2D eigenvalue weighted by Gasteiger charge is 2.16. The first-order valence-electron chi connectivity index (χ1n) is 11.1. The molecule has 2 aromatic carbocycles. The molecule has 4 rings (SSSR count). The maximum atomic E-state index is 6.05. The average Bonchev–Trinajstić information content (AvgIpc) is 2.75. The van der Waals surface area contributed by atoms with Gasteiger partial charge in [0.1, 0.15) is 11.6 Å². The van der Waals surface area contributed by atoms with Crippen molar-refractivity contribution in [2.75, 3.05) is 18.4 Å². The molecule has 5 heteroatoms. The van der Waals surface area contributed by atoms with Crippen LogP contribution in [0.25, 0.3) is 0 Å². The second kappa shape index (κ2) is 9.80. The summed E-state index contributed by atoms with van der Waals surface area (Å²) in [5.41, 5.74) is 5.71. The number of hydrogen-bond acceptors (Lipinski definition) is 4. The molecule has 0 saturated carbocycles. The van der Waals surface area contributed by atoms with Crippen molar-refractivity contribution in [3.8, 4) is 0 Å². The van der Waals surface area contributed by atoms with Gasteiger partial charge in [-0.3, -0.25) is 4.90 Å². The number of likely N-dealkylation sites (tertiary alicyclic amines) is 1. The van der Waals surface area contributed by atoms with E-state index in [9.17, 15) is 0 Å². The Morgan fingerprint density at radius 2 is 1.58 bits per heavy atom. The van der Waals surface area contributed by atoms with E-state index in [-0.39, 0.29) is 0 Å². The molecule has 0 aliphatic carbocycles. The molecule has 0 bridgehead atoms. The zero-order chi connectivity index (χ0) is 21.8. The Balaban J connectivity index is 1.48. The number of rotatable bonds is 6. The molecular weight excluding hydrogens is 404 g/mol. The van der Waals surface area contributed by atoms with E-state index in [2.05, 4.69) is 58.5 Å². The third-order valence-corrected chi connectivity index (χ3v) is 6.37. The molecule has 3 aromatic rings. The number of nitrogens with zero attached hydrogens (tertiary/aromatic N) is 3. The van der Waals surface area contributed by atoms with E-state index in [0.717, 1.165) is 52.5 Å². The van der Waals surface area contributed by atoms with Gasteiger partial charge in [-0.2, -0.15) is 0 Å². The van der Waals surface area contributed by atoms with Gasteiger partial charge in [0.25, 0.3) is 0 Å². The molecule has 1 saturated heterocycles. The van der Waals surface area contributed by atoms with Gasteiger partial charge in [0, 0.05) is 34.9 Å². The van der Waals surface area contributed by atoms with Crippen LogP contribution in [0.5, 0.6) is 0 Å². The number of benzene rings is 2. The Kier molecular flexibility index (Phi) is 6.89. The summed E-state index contributed by atoms with van der Waals surface area (Å²) in [4.78, 5) is 11.9. The van der Waals surface area contributed by atoms with E-state index >= 15 is 0 Å². The van der Waals surface area contributed by atoms with Crippen molar-refractivity contribution in [2.45, 2.75) is 46.6 Å².